The summed E-state index contributed by atoms with van der Waals surface area (Å²) in [6.45, 7) is 2.00. The van der Waals surface area contributed by atoms with Gasteiger partial charge in [0.2, 0.25) is 0 Å². The molecule has 2 rings (SSSR count). The number of rotatable bonds is 5. The quantitative estimate of drug-likeness (QED) is 0.777. The summed E-state index contributed by atoms with van der Waals surface area (Å²) in [7, 11) is 1.45. The lowest BCUT2D eigenvalue weighted by atomic mass is 9.97. The zero-order valence-electron chi connectivity index (χ0n) is 12.0. The van der Waals surface area contributed by atoms with E-state index >= 15 is 0 Å². The molecule has 1 unspecified atom stereocenters. The molecular weight excluding hydrogens is 274 g/mol. The van der Waals surface area contributed by atoms with Gasteiger partial charge in [0.05, 0.1) is 7.11 Å². The molecule has 0 amide bonds. The second-order valence-corrected chi connectivity index (χ2v) is 5.80. The molecule has 1 aliphatic heterocycles. The van der Waals surface area contributed by atoms with Crippen molar-refractivity contribution in [1.82, 2.24) is 4.90 Å². The van der Waals surface area contributed by atoms with Gasteiger partial charge in [0, 0.05) is 24.0 Å². The molecule has 1 aromatic carbocycles. The van der Waals surface area contributed by atoms with Crippen molar-refractivity contribution in [3.63, 3.8) is 0 Å². The fourth-order valence-electron chi connectivity index (χ4n) is 2.85. The van der Waals surface area contributed by atoms with E-state index in [2.05, 4.69) is 11.0 Å². The minimum Gasteiger partial charge on any atom is -0.469 e. The Morgan fingerprint density at radius 3 is 3.05 bits per heavy atom. The zero-order valence-corrected chi connectivity index (χ0v) is 12.7. The first kappa shape index (κ1) is 15.3. The van der Waals surface area contributed by atoms with E-state index in [-0.39, 0.29) is 5.97 Å². The van der Waals surface area contributed by atoms with Crippen LogP contribution < -0.4 is 0 Å². The molecule has 1 saturated heterocycles. The van der Waals surface area contributed by atoms with Crippen molar-refractivity contribution in [2.75, 3.05) is 13.7 Å². The normalized spacial score (nSPS) is 19.8. The summed E-state index contributed by atoms with van der Waals surface area (Å²) >= 11 is 6.04. The van der Waals surface area contributed by atoms with Crippen LogP contribution in [0.15, 0.2) is 24.3 Å². The maximum Gasteiger partial charge on any atom is 0.305 e. The molecule has 20 heavy (non-hydrogen) atoms. The molecule has 0 saturated carbocycles. The molecule has 110 valence electrons. The van der Waals surface area contributed by atoms with Gasteiger partial charge in [-0.1, -0.05) is 30.2 Å². The third kappa shape index (κ3) is 4.50. The highest BCUT2D eigenvalue weighted by Gasteiger charge is 2.23. The lowest BCUT2D eigenvalue weighted by Gasteiger charge is -2.35. The number of ether oxygens (including phenoxy) is 1. The molecule has 1 aromatic rings. The molecule has 0 aromatic heterocycles. The van der Waals surface area contributed by atoms with Gasteiger partial charge in [-0.3, -0.25) is 9.69 Å². The van der Waals surface area contributed by atoms with Gasteiger partial charge in [0.15, 0.2) is 0 Å². The zero-order chi connectivity index (χ0) is 14.4. The number of likely N-dealkylation sites (tertiary alicyclic amines) is 1. The van der Waals surface area contributed by atoms with Crippen molar-refractivity contribution in [3.05, 3.63) is 34.9 Å². The molecule has 1 aliphatic rings. The van der Waals surface area contributed by atoms with Crippen LogP contribution >= 0.6 is 11.6 Å². The first-order chi connectivity index (χ1) is 9.69. The summed E-state index contributed by atoms with van der Waals surface area (Å²) in [6.07, 6.45) is 5.03. The molecule has 0 N–H and O–H groups in total. The van der Waals surface area contributed by atoms with Gasteiger partial charge in [-0.05, 0) is 43.5 Å². The van der Waals surface area contributed by atoms with Crippen LogP contribution in [-0.2, 0) is 16.1 Å². The molecular formula is C16H22ClNO2. The van der Waals surface area contributed by atoms with Gasteiger partial charge >= 0.3 is 5.97 Å². The number of carbonyl (C=O) groups is 1. The molecule has 1 atom stereocenters. The Bertz CT molecular complexity index is 450. The fraction of sp³-hybridized carbons (Fsp3) is 0.562. The summed E-state index contributed by atoms with van der Waals surface area (Å²) in [5, 5.41) is 0.783. The Balaban J connectivity index is 1.94. The Morgan fingerprint density at radius 2 is 2.30 bits per heavy atom. The van der Waals surface area contributed by atoms with Crippen molar-refractivity contribution in [3.8, 4) is 0 Å². The molecule has 3 nitrogen and oxygen atoms in total. The van der Waals surface area contributed by atoms with E-state index in [4.69, 9.17) is 16.3 Å². The minimum absolute atomic E-state index is 0.113. The molecule has 0 radical (unpaired) electrons. The van der Waals surface area contributed by atoms with E-state index in [0.29, 0.717) is 12.5 Å². The van der Waals surface area contributed by atoms with Crippen LogP contribution in [0.5, 0.6) is 0 Å². The van der Waals surface area contributed by atoms with Gasteiger partial charge in [0.25, 0.3) is 0 Å². The SMILES string of the molecule is COC(=O)CCC1CCCCN1Cc1cccc(Cl)c1. The van der Waals surface area contributed by atoms with Crippen LogP contribution in [-0.4, -0.2) is 30.6 Å². The molecule has 0 aliphatic carbocycles. The van der Waals surface area contributed by atoms with Crippen molar-refractivity contribution in [1.29, 1.82) is 0 Å². The van der Waals surface area contributed by atoms with Crippen molar-refractivity contribution in [2.24, 2.45) is 0 Å². The maximum absolute atomic E-state index is 11.3. The number of nitrogens with zero attached hydrogens (tertiary/aromatic N) is 1. The van der Waals surface area contributed by atoms with E-state index < -0.39 is 0 Å². The summed E-state index contributed by atoms with van der Waals surface area (Å²) in [5.74, 6) is -0.113. The highest BCUT2D eigenvalue weighted by atomic mass is 35.5. The minimum atomic E-state index is -0.113. The lowest BCUT2D eigenvalue weighted by molar-refractivity contribution is -0.141. The van der Waals surface area contributed by atoms with Gasteiger partial charge in [-0.15, -0.1) is 0 Å². The topological polar surface area (TPSA) is 29.5 Å². The van der Waals surface area contributed by atoms with Gasteiger partial charge in [0.1, 0.15) is 0 Å². The van der Waals surface area contributed by atoms with Crippen LogP contribution in [0.25, 0.3) is 0 Å². The predicted molar refractivity (Wildman–Crippen MR) is 80.8 cm³/mol. The number of piperidine rings is 1. The van der Waals surface area contributed by atoms with E-state index in [1.807, 2.05) is 18.2 Å². The highest BCUT2D eigenvalue weighted by Crippen LogP contribution is 2.24. The van der Waals surface area contributed by atoms with E-state index in [1.165, 1.54) is 25.5 Å². The maximum atomic E-state index is 11.3. The Labute approximate surface area is 125 Å². The summed E-state index contributed by atoms with van der Waals surface area (Å²) < 4.78 is 4.74. The lowest BCUT2D eigenvalue weighted by Crippen LogP contribution is -2.39. The van der Waals surface area contributed by atoms with E-state index in [9.17, 15) is 4.79 Å². The summed E-state index contributed by atoms with van der Waals surface area (Å²) in [4.78, 5) is 13.8. The smallest absolute Gasteiger partial charge is 0.305 e. The van der Waals surface area contributed by atoms with Crippen LogP contribution in [0.4, 0.5) is 0 Å². The number of halogens is 1. The summed E-state index contributed by atoms with van der Waals surface area (Å²) in [6, 6.07) is 8.49. The monoisotopic (exact) mass is 295 g/mol. The first-order valence-electron chi connectivity index (χ1n) is 7.24. The average Bonchev–Trinajstić information content (AvgIpc) is 2.46. The first-order valence-corrected chi connectivity index (χ1v) is 7.62. The third-order valence-electron chi connectivity index (χ3n) is 3.93. The number of hydrogen-bond acceptors (Lipinski definition) is 3. The second kappa shape index (κ2) is 7.65. The third-order valence-corrected chi connectivity index (χ3v) is 4.17. The number of methoxy groups -OCH3 is 1. The predicted octanol–water partition coefficient (Wildman–Crippen LogP) is 3.65. The van der Waals surface area contributed by atoms with E-state index in [0.717, 1.165) is 31.0 Å². The van der Waals surface area contributed by atoms with Crippen LogP contribution in [0, 0.1) is 0 Å². The van der Waals surface area contributed by atoms with Crippen LogP contribution in [0.3, 0.4) is 0 Å². The van der Waals surface area contributed by atoms with Gasteiger partial charge < -0.3 is 4.74 Å². The van der Waals surface area contributed by atoms with Gasteiger partial charge in [-0.2, -0.15) is 0 Å². The van der Waals surface area contributed by atoms with Crippen molar-refractivity contribution >= 4 is 17.6 Å². The van der Waals surface area contributed by atoms with Crippen molar-refractivity contribution < 1.29 is 9.53 Å². The molecule has 1 heterocycles. The number of carbonyl (C=O) groups excluding carboxylic acids is 1. The Hall–Kier alpha value is -1.06. The fourth-order valence-corrected chi connectivity index (χ4v) is 3.06. The summed E-state index contributed by atoms with van der Waals surface area (Å²) in [5.41, 5.74) is 1.24. The average molecular weight is 296 g/mol. The van der Waals surface area contributed by atoms with Crippen LogP contribution in [0.1, 0.15) is 37.7 Å². The van der Waals surface area contributed by atoms with Crippen LogP contribution in [0.2, 0.25) is 5.02 Å². The number of benzene rings is 1. The highest BCUT2D eigenvalue weighted by molar-refractivity contribution is 6.30. The largest absolute Gasteiger partial charge is 0.469 e. The molecule has 0 spiro atoms. The second-order valence-electron chi connectivity index (χ2n) is 5.36. The molecule has 1 fully saturated rings. The molecule has 0 bridgehead atoms. The van der Waals surface area contributed by atoms with Gasteiger partial charge in [-0.25, -0.2) is 0 Å². The molecule has 4 heteroatoms. The Morgan fingerprint density at radius 1 is 1.45 bits per heavy atom. The Kier molecular flexibility index (Phi) is 5.86. The number of hydrogen-bond donors (Lipinski definition) is 0. The standard InChI is InChI=1S/C16H22ClNO2/c1-20-16(19)9-8-15-7-2-3-10-18(15)12-13-5-4-6-14(17)11-13/h4-6,11,15H,2-3,7-10,12H2,1H3. The van der Waals surface area contributed by atoms with Crippen molar-refractivity contribution in [2.45, 2.75) is 44.7 Å². The number of esters is 1. The van der Waals surface area contributed by atoms with E-state index in [1.54, 1.807) is 0 Å².